The van der Waals surface area contributed by atoms with Crippen LogP contribution >= 0.6 is 23.2 Å². The second kappa shape index (κ2) is 9.37. The van der Waals surface area contributed by atoms with Crippen LogP contribution in [0.25, 0.3) is 0 Å². The number of hydrogen-bond donors (Lipinski definition) is 1. The van der Waals surface area contributed by atoms with Gasteiger partial charge in [-0.3, -0.25) is 4.79 Å². The summed E-state index contributed by atoms with van der Waals surface area (Å²) in [4.78, 5) is 11.9. The molecule has 26 heavy (non-hydrogen) atoms. The van der Waals surface area contributed by atoms with Crippen LogP contribution in [0.2, 0.25) is 10.0 Å². The summed E-state index contributed by atoms with van der Waals surface area (Å²) in [6.07, 6.45) is 0.470. The van der Waals surface area contributed by atoms with Crippen molar-refractivity contribution in [3.8, 4) is 0 Å². The number of hydrogen-bond acceptors (Lipinski definition) is 3. The van der Waals surface area contributed by atoms with Crippen molar-refractivity contribution in [1.29, 1.82) is 0 Å². The van der Waals surface area contributed by atoms with Gasteiger partial charge in [0, 0.05) is 18.1 Å². The third kappa shape index (κ3) is 5.45. The summed E-state index contributed by atoms with van der Waals surface area (Å²) in [5.41, 5.74) is 0.973. The molecule has 2 rings (SSSR count). The maximum atomic E-state index is 13.1. The largest absolute Gasteiger partial charge is 0.355 e. The first kappa shape index (κ1) is 20.7. The quantitative estimate of drug-likeness (QED) is 0.719. The number of amides is 1. The zero-order chi connectivity index (χ0) is 19.2. The van der Waals surface area contributed by atoms with Crippen LogP contribution in [0.1, 0.15) is 12.5 Å². The first-order valence-corrected chi connectivity index (χ1v) is 10.3. The zero-order valence-electron chi connectivity index (χ0n) is 14.3. The second-order valence-corrected chi connectivity index (χ2v) is 8.35. The summed E-state index contributed by atoms with van der Waals surface area (Å²) < 4.78 is 27.3. The Balaban J connectivity index is 2.31. The van der Waals surface area contributed by atoms with Crippen molar-refractivity contribution in [1.82, 2.24) is 9.62 Å². The molecule has 0 bridgehead atoms. The fourth-order valence-corrected chi connectivity index (χ4v) is 4.54. The normalized spacial score (nSPS) is 11.5. The van der Waals surface area contributed by atoms with E-state index in [4.69, 9.17) is 23.2 Å². The first-order valence-electron chi connectivity index (χ1n) is 8.10. The van der Waals surface area contributed by atoms with Gasteiger partial charge in [-0.05, 0) is 37.1 Å². The minimum Gasteiger partial charge on any atom is -0.355 e. The van der Waals surface area contributed by atoms with Crippen molar-refractivity contribution in [3.05, 3.63) is 64.1 Å². The van der Waals surface area contributed by atoms with Gasteiger partial charge in [-0.2, -0.15) is 4.31 Å². The Morgan fingerprint density at radius 3 is 2.46 bits per heavy atom. The molecular formula is C18H20Cl2N2O3S. The molecule has 0 unspecified atom stereocenters. The summed E-state index contributed by atoms with van der Waals surface area (Å²) in [5.74, 6) is -0.373. The molecule has 2 aromatic rings. The average Bonchev–Trinajstić information content (AvgIpc) is 2.61. The lowest BCUT2D eigenvalue weighted by molar-refractivity contribution is -0.121. The van der Waals surface area contributed by atoms with E-state index in [0.29, 0.717) is 13.0 Å². The SMILES string of the molecule is CCNC(=O)CN(CCc1ccccc1)S(=O)(=O)c1cc(Cl)ccc1Cl. The molecule has 0 spiro atoms. The van der Waals surface area contributed by atoms with Crippen molar-refractivity contribution in [2.75, 3.05) is 19.6 Å². The zero-order valence-corrected chi connectivity index (χ0v) is 16.6. The average molecular weight is 415 g/mol. The van der Waals surface area contributed by atoms with Crippen LogP contribution < -0.4 is 5.32 Å². The molecule has 140 valence electrons. The summed E-state index contributed by atoms with van der Waals surface area (Å²) in [5, 5.41) is 2.94. The minimum absolute atomic E-state index is 0.0648. The summed E-state index contributed by atoms with van der Waals surface area (Å²) >= 11 is 12.0. The van der Waals surface area contributed by atoms with Crippen LogP contribution in [0.5, 0.6) is 0 Å². The third-order valence-electron chi connectivity index (χ3n) is 3.70. The van der Waals surface area contributed by atoms with Crippen LogP contribution in [-0.4, -0.2) is 38.3 Å². The monoisotopic (exact) mass is 414 g/mol. The predicted octanol–water partition coefficient (Wildman–Crippen LogP) is 3.36. The third-order valence-corrected chi connectivity index (χ3v) is 6.26. The number of rotatable bonds is 8. The maximum absolute atomic E-state index is 13.1. The van der Waals surface area contributed by atoms with Crippen LogP contribution in [0.3, 0.4) is 0 Å². The van der Waals surface area contributed by atoms with Crippen LogP contribution in [0, 0.1) is 0 Å². The van der Waals surface area contributed by atoms with Gasteiger partial charge in [0.05, 0.1) is 11.6 Å². The molecule has 0 aliphatic carbocycles. The first-order chi connectivity index (χ1) is 12.3. The molecule has 0 saturated heterocycles. The van der Waals surface area contributed by atoms with Gasteiger partial charge in [-0.25, -0.2) is 8.42 Å². The molecule has 2 aromatic carbocycles. The van der Waals surface area contributed by atoms with Crippen LogP contribution in [-0.2, 0) is 21.2 Å². The lowest BCUT2D eigenvalue weighted by Crippen LogP contribution is -2.41. The number of benzene rings is 2. The number of nitrogens with one attached hydrogen (secondary N) is 1. The van der Waals surface area contributed by atoms with Gasteiger partial charge in [0.1, 0.15) is 4.90 Å². The van der Waals surface area contributed by atoms with Gasteiger partial charge in [0.15, 0.2) is 0 Å². The Morgan fingerprint density at radius 2 is 1.81 bits per heavy atom. The lowest BCUT2D eigenvalue weighted by atomic mass is 10.1. The van der Waals surface area contributed by atoms with Gasteiger partial charge in [-0.1, -0.05) is 53.5 Å². The fourth-order valence-electron chi connectivity index (χ4n) is 2.41. The predicted molar refractivity (Wildman–Crippen MR) is 104 cm³/mol. The molecular weight excluding hydrogens is 395 g/mol. The van der Waals surface area contributed by atoms with Gasteiger partial charge in [0.25, 0.3) is 0 Å². The Morgan fingerprint density at radius 1 is 1.12 bits per heavy atom. The van der Waals surface area contributed by atoms with E-state index in [-0.39, 0.29) is 33.9 Å². The van der Waals surface area contributed by atoms with E-state index in [2.05, 4.69) is 5.32 Å². The lowest BCUT2D eigenvalue weighted by Gasteiger charge is -2.22. The highest BCUT2D eigenvalue weighted by atomic mass is 35.5. The van der Waals surface area contributed by atoms with Gasteiger partial charge >= 0.3 is 0 Å². The van der Waals surface area contributed by atoms with Gasteiger partial charge < -0.3 is 5.32 Å². The highest BCUT2D eigenvalue weighted by Crippen LogP contribution is 2.27. The van der Waals surface area contributed by atoms with Crippen molar-refractivity contribution in [3.63, 3.8) is 0 Å². The summed E-state index contributed by atoms with van der Waals surface area (Å²) in [6, 6.07) is 13.7. The molecule has 0 radical (unpaired) electrons. The Hall–Kier alpha value is -1.60. The van der Waals surface area contributed by atoms with E-state index in [1.54, 1.807) is 6.92 Å². The highest BCUT2D eigenvalue weighted by molar-refractivity contribution is 7.89. The Labute approximate surface area is 164 Å². The van der Waals surface area contributed by atoms with Crippen molar-refractivity contribution >= 4 is 39.1 Å². The fraction of sp³-hybridized carbons (Fsp3) is 0.278. The summed E-state index contributed by atoms with van der Waals surface area (Å²) in [7, 11) is -3.98. The van der Waals surface area contributed by atoms with E-state index >= 15 is 0 Å². The van der Waals surface area contributed by atoms with E-state index in [1.165, 1.54) is 18.2 Å². The molecule has 1 amide bonds. The number of likely N-dealkylation sites (N-methyl/N-ethyl adjacent to an activating group) is 1. The number of carbonyl (C=O) groups excluding carboxylic acids is 1. The topological polar surface area (TPSA) is 66.5 Å². The van der Waals surface area contributed by atoms with Crippen molar-refractivity contribution < 1.29 is 13.2 Å². The van der Waals surface area contributed by atoms with Crippen LogP contribution in [0.15, 0.2) is 53.4 Å². The Bertz CT molecular complexity index is 858. The standard InChI is InChI=1S/C18H20Cl2N2O3S/c1-2-21-18(23)13-22(11-10-14-6-4-3-5-7-14)26(24,25)17-12-15(19)8-9-16(17)20/h3-9,12H,2,10-11,13H2,1H3,(H,21,23). The van der Waals surface area contributed by atoms with E-state index in [9.17, 15) is 13.2 Å². The number of sulfonamides is 1. The number of carbonyl (C=O) groups is 1. The number of halogens is 2. The molecule has 0 fully saturated rings. The molecule has 8 heteroatoms. The van der Waals surface area contributed by atoms with Crippen molar-refractivity contribution in [2.24, 2.45) is 0 Å². The van der Waals surface area contributed by atoms with E-state index in [1.807, 2.05) is 30.3 Å². The highest BCUT2D eigenvalue weighted by Gasteiger charge is 2.28. The smallest absolute Gasteiger partial charge is 0.245 e. The molecule has 5 nitrogen and oxygen atoms in total. The molecule has 1 N–H and O–H groups in total. The second-order valence-electron chi connectivity index (χ2n) is 5.60. The molecule has 0 aromatic heterocycles. The summed E-state index contributed by atoms with van der Waals surface area (Å²) in [6.45, 7) is 2.05. The van der Waals surface area contributed by atoms with Gasteiger partial charge in [0.2, 0.25) is 15.9 Å². The Kier molecular flexibility index (Phi) is 7.46. The van der Waals surface area contributed by atoms with Crippen molar-refractivity contribution in [2.45, 2.75) is 18.2 Å². The molecule has 0 aliphatic heterocycles. The maximum Gasteiger partial charge on any atom is 0.245 e. The van der Waals surface area contributed by atoms with E-state index < -0.39 is 10.0 Å². The number of nitrogens with zero attached hydrogens (tertiary/aromatic N) is 1. The molecule has 0 saturated carbocycles. The molecule has 0 aliphatic rings. The van der Waals surface area contributed by atoms with E-state index in [0.717, 1.165) is 9.87 Å². The van der Waals surface area contributed by atoms with Crippen LogP contribution in [0.4, 0.5) is 0 Å². The van der Waals surface area contributed by atoms with Gasteiger partial charge in [-0.15, -0.1) is 0 Å². The molecule has 0 heterocycles. The molecule has 0 atom stereocenters. The minimum atomic E-state index is -3.98.